The number of rotatable bonds is 19. The second-order valence-electron chi connectivity index (χ2n) is 7.94. The monoisotopic (exact) mass is 746 g/mol. The van der Waals surface area contributed by atoms with Crippen molar-refractivity contribution < 1.29 is 80.0 Å². The average Bonchev–Trinajstić information content (AvgIpc) is 2.89. The summed E-state index contributed by atoms with van der Waals surface area (Å²) in [7, 11) is -3.53. The van der Waals surface area contributed by atoms with E-state index in [1.807, 2.05) is 4.74 Å². The van der Waals surface area contributed by atoms with Crippen molar-refractivity contribution in [1.82, 2.24) is 10.6 Å². The number of carbonyl (C=O) groups excluding carboxylic acids is 2. The van der Waals surface area contributed by atoms with Crippen LogP contribution in [0.1, 0.15) is 40.5 Å². The predicted molar refractivity (Wildman–Crippen MR) is 145 cm³/mol. The minimum Gasteiger partial charge on any atom is -0.373 e. The number of nitrogens with two attached hydrogens (primary N) is 2. The van der Waals surface area contributed by atoms with Crippen molar-refractivity contribution in [3.63, 3.8) is 0 Å². The second kappa shape index (κ2) is 21.2. The van der Waals surface area contributed by atoms with Crippen LogP contribution in [0.5, 0.6) is 0 Å². The summed E-state index contributed by atoms with van der Waals surface area (Å²) in [6.07, 6.45) is -22.0. The summed E-state index contributed by atoms with van der Waals surface area (Å²) in [5.74, 6) is -13.7. The number of primary amides is 2. The molecule has 4 amide bonds. The number of nitrogens with one attached hydrogen (secondary N) is 2. The molecule has 272 valence electrons. The maximum absolute atomic E-state index is 13.7. The lowest BCUT2D eigenvalue weighted by molar-refractivity contribution is -0.496. The van der Waals surface area contributed by atoms with Crippen LogP contribution in [0.25, 0.3) is 0 Å². The molecule has 0 rings (SSSR count). The topological polar surface area (TPSA) is 147 Å². The smallest absolute Gasteiger partial charge is 0.373 e. The molecular weight excluding hydrogens is 708 g/mol. The fourth-order valence-corrected chi connectivity index (χ4v) is 6.55. The number of alkyl halides is 11. The molecule has 1 unspecified atom stereocenters. The quantitative estimate of drug-likeness (QED) is 0.0675. The second-order valence-corrected chi connectivity index (χ2v) is 11.9. The normalized spacial score (nSPS) is 13.6. The molecule has 0 aromatic heterocycles. The van der Waals surface area contributed by atoms with E-state index in [1.54, 1.807) is 27.7 Å². The fraction of sp³-hybridized carbons (Fsp3) is 0.900. The van der Waals surface area contributed by atoms with Gasteiger partial charge >= 0.3 is 51.1 Å². The number of halogens is 12. The summed E-state index contributed by atoms with van der Waals surface area (Å²) in [6, 6.07) is -1.56. The first-order valence-electron chi connectivity index (χ1n) is 12.7. The van der Waals surface area contributed by atoms with Crippen LogP contribution in [0, 0.1) is 0 Å². The number of thioether (sulfide) groups is 1. The fourth-order valence-electron chi connectivity index (χ4n) is 2.83. The first-order chi connectivity index (χ1) is 20.4. The van der Waals surface area contributed by atoms with Crippen LogP contribution in [-0.2, 0) is 18.0 Å². The summed E-state index contributed by atoms with van der Waals surface area (Å²) in [5, 5.41) is 4.99. The summed E-state index contributed by atoms with van der Waals surface area (Å²) >= 11 is 0.528. The van der Waals surface area contributed by atoms with Crippen molar-refractivity contribution >= 4 is 43.2 Å². The molecule has 1 atom stereocenters. The Kier molecular flexibility index (Phi) is 22.5. The first-order valence-corrected chi connectivity index (χ1v) is 16.4. The van der Waals surface area contributed by atoms with Crippen LogP contribution in [0.2, 0.25) is 0 Å². The first kappa shape index (κ1) is 47.7. The molecule has 6 N–H and O–H groups in total. The summed E-state index contributed by atoms with van der Waals surface area (Å²) in [6.45, 7) is 7.38. The van der Waals surface area contributed by atoms with Crippen LogP contribution >= 0.6 is 11.8 Å². The molecule has 0 radical (unpaired) electrons. The molecule has 0 heterocycles. The molecular formula is C20H38F12N4O6SSi2. The van der Waals surface area contributed by atoms with Crippen LogP contribution in [0.3, 0.4) is 0 Å². The van der Waals surface area contributed by atoms with Crippen LogP contribution in [0.4, 0.5) is 62.0 Å². The zero-order valence-corrected chi connectivity index (χ0v) is 28.6. The van der Waals surface area contributed by atoms with Crippen molar-refractivity contribution in [3.8, 4) is 0 Å². The standard InChI is InChI=1S/C19H31F11N2O5SSi.CH4N2O.FH3Si/c1-5-13(39(34-6-2,35-7-3)36-8-4)32-14(33)31-10-12-38-11-9-15(20,21)18(27,28)37-19(29,30)16(22,23)17(24,25)26;2-1(3)4;1-2/h13H,5-12H2,1-4H3,(H2,31,32,33);(H4,2,3,4);2H3. The number of urea groups is 2. The van der Waals surface area contributed by atoms with Gasteiger partial charge in [-0.1, -0.05) is 6.92 Å². The Morgan fingerprint density at radius 1 is 0.800 bits per heavy atom. The van der Waals surface area contributed by atoms with E-state index in [9.17, 15) is 57.2 Å². The van der Waals surface area contributed by atoms with Crippen LogP contribution in [0.15, 0.2) is 0 Å². The molecule has 0 aliphatic heterocycles. The van der Waals surface area contributed by atoms with E-state index >= 15 is 0 Å². The Morgan fingerprint density at radius 3 is 1.58 bits per heavy atom. The summed E-state index contributed by atoms with van der Waals surface area (Å²) < 4.78 is 171. The molecule has 0 saturated heterocycles. The molecule has 0 aliphatic rings. The van der Waals surface area contributed by atoms with Gasteiger partial charge in [-0.15, -0.1) is 0 Å². The van der Waals surface area contributed by atoms with Gasteiger partial charge in [-0.05, 0) is 32.9 Å². The van der Waals surface area contributed by atoms with Crippen LogP contribution < -0.4 is 22.1 Å². The van der Waals surface area contributed by atoms with E-state index in [0.717, 1.165) is 0 Å². The molecule has 0 saturated carbocycles. The zero-order chi connectivity index (χ0) is 36.3. The maximum atomic E-state index is 13.7. The molecule has 0 aromatic rings. The minimum absolute atomic E-state index is 0.153. The van der Waals surface area contributed by atoms with Gasteiger partial charge in [-0.3, -0.25) is 0 Å². The summed E-state index contributed by atoms with van der Waals surface area (Å²) in [5.41, 5.74) is 7.84. The molecule has 0 bridgehead atoms. The van der Waals surface area contributed by atoms with E-state index in [4.69, 9.17) is 18.1 Å². The summed E-state index contributed by atoms with van der Waals surface area (Å²) in [4.78, 5) is 21.3. The maximum Gasteiger partial charge on any atom is 0.524 e. The highest BCUT2D eigenvalue weighted by atomic mass is 32.2. The average molecular weight is 747 g/mol. The third-order valence-electron chi connectivity index (χ3n) is 4.67. The Morgan fingerprint density at radius 2 is 1.22 bits per heavy atom. The van der Waals surface area contributed by atoms with E-state index < -0.39 is 68.9 Å². The van der Waals surface area contributed by atoms with Crippen molar-refractivity contribution in [1.29, 1.82) is 0 Å². The van der Waals surface area contributed by atoms with E-state index in [2.05, 4.69) is 22.1 Å². The number of ether oxygens (including phenoxy) is 1. The highest BCUT2D eigenvalue weighted by Crippen LogP contribution is 2.51. The van der Waals surface area contributed by atoms with Gasteiger partial charge in [0, 0.05) is 38.5 Å². The highest BCUT2D eigenvalue weighted by Gasteiger charge is 2.78. The zero-order valence-electron chi connectivity index (χ0n) is 24.8. The number of hydrogen-bond acceptors (Lipinski definition) is 7. The SMILES string of the molecule is CCO[Si](OCC)(OCC)C(CC)NC(=O)NCCSCCC(F)(F)C(F)(F)OC(F)(F)C(F)(F)C(F)(F)F.F[SiH3].NC(N)=O. The van der Waals surface area contributed by atoms with Gasteiger partial charge in [0.1, 0.15) is 5.67 Å². The van der Waals surface area contributed by atoms with E-state index in [1.165, 1.54) is 0 Å². The van der Waals surface area contributed by atoms with E-state index in [0.29, 0.717) is 18.2 Å². The van der Waals surface area contributed by atoms with E-state index in [-0.39, 0.29) is 42.7 Å². The predicted octanol–water partition coefficient (Wildman–Crippen LogP) is 4.07. The number of amides is 4. The molecule has 10 nitrogen and oxygen atoms in total. The van der Waals surface area contributed by atoms with Gasteiger partial charge in [0.15, 0.2) is 0 Å². The molecule has 0 aliphatic carbocycles. The molecule has 25 heteroatoms. The van der Waals surface area contributed by atoms with Crippen molar-refractivity contribution in [2.24, 2.45) is 11.5 Å². The highest BCUT2D eigenvalue weighted by molar-refractivity contribution is 7.99. The van der Waals surface area contributed by atoms with Crippen molar-refractivity contribution in [2.45, 2.75) is 76.4 Å². The lowest BCUT2D eigenvalue weighted by atomic mass is 10.2. The van der Waals surface area contributed by atoms with Crippen molar-refractivity contribution in [3.05, 3.63) is 0 Å². The Balaban J connectivity index is -0.00000270. The molecule has 0 fully saturated rings. The largest absolute Gasteiger partial charge is 0.524 e. The lowest BCUT2D eigenvalue weighted by Crippen LogP contribution is -2.64. The van der Waals surface area contributed by atoms with Gasteiger partial charge in [0.25, 0.3) is 0 Å². The minimum atomic E-state index is -7.16. The van der Waals surface area contributed by atoms with Gasteiger partial charge < -0.3 is 39.5 Å². The molecule has 45 heavy (non-hydrogen) atoms. The Hall–Kier alpha value is -1.68. The number of hydrogen-bond donors (Lipinski definition) is 4. The Bertz CT molecular complexity index is 833. The third-order valence-corrected chi connectivity index (χ3v) is 9.14. The van der Waals surface area contributed by atoms with Gasteiger partial charge in [0.05, 0.1) is 0 Å². The molecule has 0 aromatic carbocycles. The third kappa shape index (κ3) is 16.1. The number of carbonyl (C=O) groups is 2. The molecule has 0 spiro atoms. The van der Waals surface area contributed by atoms with Crippen molar-refractivity contribution in [2.75, 3.05) is 37.9 Å². The Labute approximate surface area is 259 Å². The van der Waals surface area contributed by atoms with Crippen LogP contribution in [-0.4, -0.2) is 105 Å². The van der Waals surface area contributed by atoms with Gasteiger partial charge in [0.2, 0.25) is 10.6 Å². The lowest BCUT2D eigenvalue weighted by Gasteiger charge is -2.35. The van der Waals surface area contributed by atoms with Gasteiger partial charge in [-0.25, -0.2) is 14.3 Å². The van der Waals surface area contributed by atoms with Gasteiger partial charge in [-0.2, -0.15) is 60.1 Å².